The third-order valence-corrected chi connectivity index (χ3v) is 4.73. The fraction of sp³-hybridized carbons (Fsp3) is 0.273. The Kier molecular flexibility index (Phi) is 7.95. The number of ether oxygens (including phenoxy) is 2. The van der Waals surface area contributed by atoms with Crippen molar-refractivity contribution in [1.29, 1.82) is 0 Å². The number of halogens is 1. The first-order valence-corrected chi connectivity index (χ1v) is 9.74. The molecule has 0 saturated carbocycles. The molecule has 0 bridgehead atoms. The fourth-order valence-corrected chi connectivity index (χ4v) is 3.18. The second-order valence-electron chi connectivity index (χ2n) is 6.74. The molecule has 1 aliphatic rings. The van der Waals surface area contributed by atoms with Crippen LogP contribution in [0.3, 0.4) is 0 Å². The van der Waals surface area contributed by atoms with Gasteiger partial charge >= 0.3 is 0 Å². The van der Waals surface area contributed by atoms with Gasteiger partial charge in [0.25, 0.3) is 0 Å². The number of hydrogen-bond acceptors (Lipinski definition) is 4. The van der Waals surface area contributed by atoms with Crippen molar-refractivity contribution >= 4 is 29.9 Å². The van der Waals surface area contributed by atoms with E-state index >= 15 is 0 Å². The van der Waals surface area contributed by atoms with E-state index in [1.165, 1.54) is 11.1 Å². The number of aromatic nitrogens is 2. The number of benzene rings is 2. The summed E-state index contributed by atoms with van der Waals surface area (Å²) in [5.74, 6) is 2.43. The minimum Gasteiger partial charge on any atom is -0.454 e. The molecule has 3 aromatic rings. The Balaban J connectivity index is 0.00000256. The molecule has 4 rings (SSSR count). The molecular weight excluding hydrogens is 493 g/mol. The Morgan fingerprint density at radius 2 is 1.73 bits per heavy atom. The van der Waals surface area contributed by atoms with E-state index in [1.807, 2.05) is 53.3 Å². The number of rotatable bonds is 7. The van der Waals surface area contributed by atoms with Gasteiger partial charge in [-0.3, -0.25) is 4.99 Å². The number of fused-ring (bicyclic) bond motifs is 1. The van der Waals surface area contributed by atoms with Crippen molar-refractivity contribution in [2.24, 2.45) is 4.99 Å². The van der Waals surface area contributed by atoms with Gasteiger partial charge in [-0.05, 0) is 48.2 Å². The minimum atomic E-state index is 0. The summed E-state index contributed by atoms with van der Waals surface area (Å²) < 4.78 is 12.7. The van der Waals surface area contributed by atoms with Crippen molar-refractivity contribution in [2.75, 3.05) is 26.9 Å². The molecule has 2 N–H and O–H groups in total. The molecule has 0 fully saturated rings. The summed E-state index contributed by atoms with van der Waals surface area (Å²) in [5, 5.41) is 11.1. The summed E-state index contributed by atoms with van der Waals surface area (Å²) in [5.41, 5.74) is 3.44. The average molecular weight is 519 g/mol. The van der Waals surface area contributed by atoms with Crippen LogP contribution in [-0.2, 0) is 12.8 Å². The van der Waals surface area contributed by atoms with E-state index in [0.717, 1.165) is 49.1 Å². The SMILES string of the molecule is CN=C(NCCc1ccc2c(c1)OCO2)NCCc1cnn(-c2ccccc2)c1.I. The van der Waals surface area contributed by atoms with E-state index in [2.05, 4.69) is 33.0 Å². The lowest BCUT2D eigenvalue weighted by Crippen LogP contribution is -2.39. The first kappa shape index (κ1) is 21.9. The van der Waals surface area contributed by atoms with Gasteiger partial charge in [0, 0.05) is 26.3 Å². The first-order valence-electron chi connectivity index (χ1n) is 9.74. The summed E-state index contributed by atoms with van der Waals surface area (Å²) in [6.45, 7) is 1.87. The van der Waals surface area contributed by atoms with E-state index in [0.29, 0.717) is 6.79 Å². The summed E-state index contributed by atoms with van der Waals surface area (Å²) >= 11 is 0. The molecule has 1 aromatic heterocycles. The van der Waals surface area contributed by atoms with Gasteiger partial charge in [-0.25, -0.2) is 4.68 Å². The highest BCUT2D eigenvalue weighted by molar-refractivity contribution is 14.0. The Morgan fingerprint density at radius 3 is 2.50 bits per heavy atom. The van der Waals surface area contributed by atoms with Gasteiger partial charge in [0.1, 0.15) is 0 Å². The lowest BCUT2D eigenvalue weighted by molar-refractivity contribution is 0.174. The zero-order chi connectivity index (χ0) is 19.9. The molecule has 0 spiro atoms. The van der Waals surface area contributed by atoms with Crippen molar-refractivity contribution in [1.82, 2.24) is 20.4 Å². The second kappa shape index (κ2) is 10.9. The van der Waals surface area contributed by atoms with E-state index in [-0.39, 0.29) is 24.0 Å². The monoisotopic (exact) mass is 519 g/mol. The molecule has 1 aliphatic heterocycles. The first-order chi connectivity index (χ1) is 14.3. The molecular formula is C22H26IN5O2. The maximum Gasteiger partial charge on any atom is 0.231 e. The van der Waals surface area contributed by atoms with Gasteiger partial charge in [0.2, 0.25) is 6.79 Å². The average Bonchev–Trinajstić information content (AvgIpc) is 3.42. The normalized spacial score (nSPS) is 12.4. The van der Waals surface area contributed by atoms with Crippen LogP contribution >= 0.6 is 24.0 Å². The lowest BCUT2D eigenvalue weighted by Gasteiger charge is -2.11. The van der Waals surface area contributed by atoms with Crippen LogP contribution in [0.25, 0.3) is 5.69 Å². The maximum absolute atomic E-state index is 5.43. The van der Waals surface area contributed by atoms with Gasteiger partial charge in [-0.1, -0.05) is 24.3 Å². The van der Waals surface area contributed by atoms with Gasteiger partial charge in [-0.15, -0.1) is 24.0 Å². The summed E-state index contributed by atoms with van der Waals surface area (Å²) in [7, 11) is 1.78. The molecule has 2 aromatic carbocycles. The van der Waals surface area contributed by atoms with E-state index in [4.69, 9.17) is 9.47 Å². The van der Waals surface area contributed by atoms with Crippen molar-refractivity contribution < 1.29 is 9.47 Å². The molecule has 30 heavy (non-hydrogen) atoms. The Labute approximate surface area is 193 Å². The van der Waals surface area contributed by atoms with Gasteiger partial charge < -0.3 is 20.1 Å². The smallest absolute Gasteiger partial charge is 0.231 e. The van der Waals surface area contributed by atoms with E-state index < -0.39 is 0 Å². The zero-order valence-electron chi connectivity index (χ0n) is 16.9. The summed E-state index contributed by atoms with van der Waals surface area (Å²) in [4.78, 5) is 4.29. The third kappa shape index (κ3) is 5.65. The largest absolute Gasteiger partial charge is 0.454 e. The Hall–Kier alpha value is -2.75. The van der Waals surface area contributed by atoms with Gasteiger partial charge in [-0.2, -0.15) is 5.10 Å². The zero-order valence-corrected chi connectivity index (χ0v) is 19.2. The number of nitrogens with one attached hydrogen (secondary N) is 2. The van der Waals surface area contributed by atoms with Crippen molar-refractivity contribution in [2.45, 2.75) is 12.8 Å². The molecule has 0 unspecified atom stereocenters. The fourth-order valence-electron chi connectivity index (χ4n) is 3.18. The van der Waals surface area contributed by atoms with Crippen LogP contribution in [0, 0.1) is 0 Å². The van der Waals surface area contributed by atoms with Gasteiger partial charge in [0.05, 0.1) is 11.9 Å². The lowest BCUT2D eigenvalue weighted by atomic mass is 10.1. The van der Waals surface area contributed by atoms with Crippen LogP contribution in [0.15, 0.2) is 65.9 Å². The van der Waals surface area contributed by atoms with Crippen LogP contribution in [0.2, 0.25) is 0 Å². The molecule has 158 valence electrons. The number of nitrogens with zero attached hydrogens (tertiary/aromatic N) is 3. The predicted molar refractivity (Wildman–Crippen MR) is 128 cm³/mol. The standard InChI is InChI=1S/C22H25N5O2.HI/c1-23-22(24-11-9-17-7-8-20-21(13-17)29-16-28-20)25-12-10-18-14-26-27(15-18)19-5-3-2-4-6-19;/h2-8,13-15H,9-12,16H2,1H3,(H2,23,24,25);1H. The number of para-hydroxylation sites is 1. The van der Waals surface area contributed by atoms with Crippen LogP contribution in [0.5, 0.6) is 11.5 Å². The second-order valence-corrected chi connectivity index (χ2v) is 6.74. The molecule has 0 aliphatic carbocycles. The van der Waals surface area contributed by atoms with Gasteiger partial charge in [0.15, 0.2) is 17.5 Å². The topological polar surface area (TPSA) is 72.7 Å². The molecule has 0 saturated heterocycles. The number of hydrogen-bond donors (Lipinski definition) is 2. The Morgan fingerprint density at radius 1 is 1.00 bits per heavy atom. The highest BCUT2D eigenvalue weighted by Crippen LogP contribution is 2.32. The molecule has 7 nitrogen and oxygen atoms in total. The molecule has 0 radical (unpaired) electrons. The van der Waals surface area contributed by atoms with Crippen LogP contribution in [0.1, 0.15) is 11.1 Å². The van der Waals surface area contributed by atoms with Crippen molar-refractivity contribution in [3.8, 4) is 17.2 Å². The molecule has 0 atom stereocenters. The van der Waals surface area contributed by atoms with Crippen LogP contribution < -0.4 is 20.1 Å². The number of aliphatic imine (C=N–C) groups is 1. The third-order valence-electron chi connectivity index (χ3n) is 4.73. The maximum atomic E-state index is 5.43. The predicted octanol–water partition coefficient (Wildman–Crippen LogP) is 3.17. The van der Waals surface area contributed by atoms with Crippen molar-refractivity contribution in [3.05, 3.63) is 72.1 Å². The van der Waals surface area contributed by atoms with Crippen LogP contribution in [0.4, 0.5) is 0 Å². The molecule has 2 heterocycles. The molecule has 0 amide bonds. The summed E-state index contributed by atoms with van der Waals surface area (Å²) in [6.07, 6.45) is 5.72. The highest BCUT2D eigenvalue weighted by atomic mass is 127. The summed E-state index contributed by atoms with van der Waals surface area (Å²) in [6, 6.07) is 16.2. The molecule has 8 heteroatoms. The minimum absolute atomic E-state index is 0. The Bertz CT molecular complexity index is 975. The highest BCUT2D eigenvalue weighted by Gasteiger charge is 2.13. The van der Waals surface area contributed by atoms with Crippen LogP contribution in [-0.4, -0.2) is 42.7 Å². The number of guanidine groups is 1. The van der Waals surface area contributed by atoms with Crippen molar-refractivity contribution in [3.63, 3.8) is 0 Å². The van der Waals surface area contributed by atoms with E-state index in [9.17, 15) is 0 Å². The quantitative estimate of drug-likeness (QED) is 0.285. The van der Waals surface area contributed by atoms with E-state index in [1.54, 1.807) is 7.05 Å².